The maximum Gasteiger partial charge on any atom is 0.330 e. The molecule has 1 aromatic rings. The molecule has 0 saturated carbocycles. The number of ether oxygens (including phenoxy) is 1. The highest BCUT2D eigenvalue weighted by atomic mass is 16.5. The fourth-order valence-electron chi connectivity index (χ4n) is 3.03. The molecule has 36 heavy (non-hydrogen) atoms. The molecule has 5 N–H and O–H groups in total. The Morgan fingerprint density at radius 3 is 2.25 bits per heavy atom. The van der Waals surface area contributed by atoms with Gasteiger partial charge in [0.2, 0.25) is 23.6 Å². The van der Waals surface area contributed by atoms with Crippen LogP contribution in [0.1, 0.15) is 45.1 Å². The van der Waals surface area contributed by atoms with Crippen LogP contribution in [0.2, 0.25) is 0 Å². The second-order valence-electron chi connectivity index (χ2n) is 8.37. The molecule has 11 nitrogen and oxygen atoms in total. The Labute approximate surface area is 211 Å². The first kappa shape index (κ1) is 30.3. The molecule has 0 aromatic heterocycles. The van der Waals surface area contributed by atoms with Gasteiger partial charge in [0.25, 0.3) is 0 Å². The zero-order chi connectivity index (χ0) is 26.9. The number of aliphatic hydroxyl groups excluding tert-OH is 1. The summed E-state index contributed by atoms with van der Waals surface area (Å²) in [5, 5.41) is 19.6. The minimum absolute atomic E-state index is 0.0949. The molecular formula is C25H36N4O7. The second-order valence-corrected chi connectivity index (χ2v) is 8.37. The normalized spacial score (nSPS) is 11.6. The van der Waals surface area contributed by atoms with Crippen molar-refractivity contribution in [3.8, 4) is 0 Å². The fourth-order valence-corrected chi connectivity index (χ4v) is 3.03. The number of aliphatic hydroxyl groups is 1. The van der Waals surface area contributed by atoms with Crippen LogP contribution < -0.4 is 21.3 Å². The topological polar surface area (TPSA) is 163 Å². The number of carbonyl (C=O) groups is 5. The van der Waals surface area contributed by atoms with Gasteiger partial charge in [-0.3, -0.25) is 19.2 Å². The van der Waals surface area contributed by atoms with Gasteiger partial charge in [-0.05, 0) is 36.5 Å². The number of carbonyl (C=O) groups excluding carboxylic acids is 5. The Hall–Kier alpha value is -3.73. The molecule has 0 radical (unpaired) electrons. The van der Waals surface area contributed by atoms with Crippen molar-refractivity contribution in [3.63, 3.8) is 0 Å². The molecule has 0 saturated heterocycles. The highest BCUT2D eigenvalue weighted by Crippen LogP contribution is 2.09. The molecule has 1 atom stereocenters. The lowest BCUT2D eigenvalue weighted by Crippen LogP contribution is -2.51. The average molecular weight is 505 g/mol. The summed E-state index contributed by atoms with van der Waals surface area (Å²) in [6.45, 7) is 3.65. The number of unbranched alkanes of at least 4 members (excludes halogenated alkanes) is 2. The van der Waals surface area contributed by atoms with Gasteiger partial charge in [-0.1, -0.05) is 32.4 Å². The van der Waals surface area contributed by atoms with Crippen LogP contribution in [-0.2, 0) is 35.3 Å². The summed E-state index contributed by atoms with van der Waals surface area (Å²) in [5.41, 5.74) is 1.26. The largest absolute Gasteiger partial charge is 0.466 e. The highest BCUT2D eigenvalue weighted by molar-refractivity contribution is 5.96. The van der Waals surface area contributed by atoms with E-state index in [-0.39, 0.29) is 31.4 Å². The second kappa shape index (κ2) is 16.8. The van der Waals surface area contributed by atoms with E-state index in [0.29, 0.717) is 37.1 Å². The molecule has 1 aromatic carbocycles. The number of anilines is 1. The van der Waals surface area contributed by atoms with Crippen molar-refractivity contribution in [1.29, 1.82) is 0 Å². The first-order valence-corrected chi connectivity index (χ1v) is 11.8. The predicted molar refractivity (Wildman–Crippen MR) is 133 cm³/mol. The van der Waals surface area contributed by atoms with Gasteiger partial charge < -0.3 is 31.1 Å². The van der Waals surface area contributed by atoms with E-state index < -0.39 is 29.7 Å². The third-order valence-corrected chi connectivity index (χ3v) is 5.06. The van der Waals surface area contributed by atoms with Crippen LogP contribution in [0.5, 0.6) is 0 Å². The van der Waals surface area contributed by atoms with Crippen LogP contribution >= 0.6 is 0 Å². The van der Waals surface area contributed by atoms with Gasteiger partial charge in [0.05, 0.1) is 20.3 Å². The van der Waals surface area contributed by atoms with Crippen LogP contribution in [0.25, 0.3) is 0 Å². The van der Waals surface area contributed by atoms with E-state index in [0.717, 1.165) is 12.2 Å². The van der Waals surface area contributed by atoms with E-state index in [1.54, 1.807) is 38.1 Å². The molecule has 0 aliphatic rings. The summed E-state index contributed by atoms with van der Waals surface area (Å²) in [6.07, 6.45) is 4.25. The van der Waals surface area contributed by atoms with Gasteiger partial charge >= 0.3 is 5.97 Å². The number of methoxy groups -OCH3 is 1. The SMILES string of the molecule is COC(=O)/C=C\C(=O)NCCCCCC(=O)NC(C(=O)NCC(=O)Nc1ccc(CO)cc1)C(C)C. The fraction of sp³-hybridized carbons (Fsp3) is 0.480. The predicted octanol–water partition coefficient (Wildman–Crippen LogP) is 0.780. The monoisotopic (exact) mass is 504 g/mol. The van der Waals surface area contributed by atoms with Crippen LogP contribution in [-0.4, -0.2) is 60.9 Å². The standard InChI is InChI=1S/C25H36N4O7/c1-17(2)24(25(35)27-15-22(33)28-19-10-8-18(16-30)9-11-19)29-21(32)7-5-4-6-14-26-20(31)12-13-23(34)36-3/h8-13,17,24,30H,4-7,14-16H2,1-3H3,(H,26,31)(H,27,35)(H,28,33)(H,29,32)/b13-12-. The van der Waals surface area contributed by atoms with Crippen LogP contribution in [0.3, 0.4) is 0 Å². The highest BCUT2D eigenvalue weighted by Gasteiger charge is 2.24. The Morgan fingerprint density at radius 2 is 1.64 bits per heavy atom. The smallest absolute Gasteiger partial charge is 0.330 e. The van der Waals surface area contributed by atoms with Gasteiger partial charge in [-0.25, -0.2) is 4.79 Å². The Bertz CT molecular complexity index is 913. The quantitative estimate of drug-likeness (QED) is 0.134. The lowest BCUT2D eigenvalue weighted by Gasteiger charge is -2.21. The molecule has 4 amide bonds. The van der Waals surface area contributed by atoms with Crippen molar-refractivity contribution in [2.45, 2.75) is 52.2 Å². The maximum absolute atomic E-state index is 12.5. The third-order valence-electron chi connectivity index (χ3n) is 5.06. The minimum atomic E-state index is -0.782. The van der Waals surface area contributed by atoms with E-state index >= 15 is 0 Å². The van der Waals surface area contributed by atoms with Crippen molar-refractivity contribution in [3.05, 3.63) is 42.0 Å². The van der Waals surface area contributed by atoms with Gasteiger partial charge in [-0.2, -0.15) is 0 Å². The zero-order valence-corrected chi connectivity index (χ0v) is 21.0. The molecule has 198 valence electrons. The molecule has 11 heteroatoms. The van der Waals surface area contributed by atoms with Gasteiger partial charge in [0, 0.05) is 30.8 Å². The van der Waals surface area contributed by atoms with E-state index in [4.69, 9.17) is 5.11 Å². The molecule has 1 unspecified atom stereocenters. The van der Waals surface area contributed by atoms with Crippen molar-refractivity contribution in [1.82, 2.24) is 16.0 Å². The average Bonchev–Trinajstić information content (AvgIpc) is 2.86. The Balaban J connectivity index is 2.32. The first-order chi connectivity index (χ1) is 17.2. The van der Waals surface area contributed by atoms with E-state index in [2.05, 4.69) is 26.0 Å². The van der Waals surface area contributed by atoms with E-state index in [1.165, 1.54) is 7.11 Å². The lowest BCUT2D eigenvalue weighted by molar-refractivity contribution is -0.135. The molecule has 0 spiro atoms. The van der Waals surface area contributed by atoms with Crippen molar-refractivity contribution >= 4 is 35.3 Å². The van der Waals surface area contributed by atoms with E-state index in [1.807, 2.05) is 0 Å². The van der Waals surface area contributed by atoms with Crippen molar-refractivity contribution < 1.29 is 33.8 Å². The van der Waals surface area contributed by atoms with Gasteiger partial charge in [0.1, 0.15) is 6.04 Å². The summed E-state index contributed by atoms with van der Waals surface area (Å²) in [5.74, 6) is -2.34. The Morgan fingerprint density at radius 1 is 0.944 bits per heavy atom. The van der Waals surface area contributed by atoms with E-state index in [9.17, 15) is 24.0 Å². The Kier molecular flexibility index (Phi) is 14.2. The lowest BCUT2D eigenvalue weighted by atomic mass is 10.0. The third kappa shape index (κ3) is 12.7. The summed E-state index contributed by atoms with van der Waals surface area (Å²) >= 11 is 0. The summed E-state index contributed by atoms with van der Waals surface area (Å²) in [6, 6.07) is 5.88. The van der Waals surface area contributed by atoms with Crippen LogP contribution in [0.15, 0.2) is 36.4 Å². The molecule has 0 fully saturated rings. The number of rotatable bonds is 15. The maximum atomic E-state index is 12.5. The molecule has 0 aliphatic heterocycles. The summed E-state index contributed by atoms with van der Waals surface area (Å²) < 4.78 is 4.40. The molecular weight excluding hydrogens is 468 g/mol. The first-order valence-electron chi connectivity index (χ1n) is 11.8. The van der Waals surface area contributed by atoms with Gasteiger partial charge in [0.15, 0.2) is 0 Å². The van der Waals surface area contributed by atoms with Crippen molar-refractivity contribution in [2.24, 2.45) is 5.92 Å². The molecule has 1 rings (SSSR count). The number of hydrogen-bond donors (Lipinski definition) is 5. The van der Waals surface area contributed by atoms with Crippen LogP contribution in [0.4, 0.5) is 5.69 Å². The molecule has 0 bridgehead atoms. The van der Waals surface area contributed by atoms with Gasteiger partial charge in [-0.15, -0.1) is 0 Å². The molecule has 0 aliphatic carbocycles. The number of esters is 1. The molecule has 0 heterocycles. The summed E-state index contributed by atoms with van der Waals surface area (Å²) in [4.78, 5) is 59.4. The number of benzene rings is 1. The number of amides is 4. The van der Waals surface area contributed by atoms with Crippen LogP contribution in [0, 0.1) is 5.92 Å². The van der Waals surface area contributed by atoms with Crippen molar-refractivity contribution in [2.75, 3.05) is 25.5 Å². The number of nitrogens with one attached hydrogen (secondary N) is 4. The zero-order valence-electron chi connectivity index (χ0n) is 21.0. The minimum Gasteiger partial charge on any atom is -0.466 e. The number of hydrogen-bond acceptors (Lipinski definition) is 7. The summed E-state index contributed by atoms with van der Waals surface area (Å²) in [7, 11) is 1.22.